The van der Waals surface area contributed by atoms with Gasteiger partial charge in [0.1, 0.15) is 0 Å². The number of halogens is 1. The largest absolute Gasteiger partial charge is 0.380 e. The Hall–Kier alpha value is -0.280. The van der Waals surface area contributed by atoms with Crippen molar-refractivity contribution in [2.45, 2.75) is 25.9 Å². The minimum atomic E-state index is 0.0413. The molecule has 3 nitrogen and oxygen atoms in total. The Morgan fingerprint density at radius 2 is 2.33 bits per heavy atom. The molecule has 1 unspecified atom stereocenters. The zero-order chi connectivity index (χ0) is 9.40. The first-order valence-electron chi connectivity index (χ1n) is 4.06. The molecule has 0 aliphatic rings. The second kappa shape index (κ2) is 7.37. The number of methoxy groups -OCH3 is 1. The van der Waals surface area contributed by atoms with E-state index in [-0.39, 0.29) is 12.0 Å². The average molecular weight is 194 g/mol. The standard InChI is InChI=1S/C8H16ClNO2/c1-7(12-2)6-10-8(11)4-3-5-9/h7H,3-6H2,1-2H3,(H,10,11). The van der Waals surface area contributed by atoms with Gasteiger partial charge in [0, 0.05) is 26.0 Å². The maximum absolute atomic E-state index is 11.0. The van der Waals surface area contributed by atoms with Crippen molar-refractivity contribution in [3.8, 4) is 0 Å². The summed E-state index contributed by atoms with van der Waals surface area (Å²) in [5, 5.41) is 2.75. The maximum Gasteiger partial charge on any atom is 0.220 e. The highest BCUT2D eigenvalue weighted by Gasteiger charge is 2.02. The molecule has 0 aromatic rings. The molecule has 0 aliphatic carbocycles. The fourth-order valence-corrected chi connectivity index (χ4v) is 0.790. The molecular formula is C8H16ClNO2. The van der Waals surface area contributed by atoms with Crippen molar-refractivity contribution in [1.29, 1.82) is 0 Å². The summed E-state index contributed by atoms with van der Waals surface area (Å²) < 4.78 is 4.96. The highest BCUT2D eigenvalue weighted by molar-refractivity contribution is 6.17. The molecule has 0 spiro atoms. The van der Waals surface area contributed by atoms with Crippen molar-refractivity contribution in [2.75, 3.05) is 19.5 Å². The smallest absolute Gasteiger partial charge is 0.220 e. The molecule has 1 N–H and O–H groups in total. The second-order valence-corrected chi connectivity index (χ2v) is 3.02. The SMILES string of the molecule is COC(C)CNC(=O)CCCCl. The lowest BCUT2D eigenvalue weighted by Crippen LogP contribution is -2.31. The van der Waals surface area contributed by atoms with Gasteiger partial charge in [-0.3, -0.25) is 4.79 Å². The van der Waals surface area contributed by atoms with Gasteiger partial charge >= 0.3 is 0 Å². The van der Waals surface area contributed by atoms with Crippen LogP contribution in [0.15, 0.2) is 0 Å². The van der Waals surface area contributed by atoms with Gasteiger partial charge in [-0.1, -0.05) is 0 Å². The number of carbonyl (C=O) groups excluding carboxylic acids is 1. The molecule has 0 saturated heterocycles. The molecule has 1 amide bonds. The molecule has 0 aromatic heterocycles. The number of nitrogens with one attached hydrogen (secondary N) is 1. The quantitative estimate of drug-likeness (QED) is 0.643. The van der Waals surface area contributed by atoms with Gasteiger partial charge in [0.25, 0.3) is 0 Å². The Morgan fingerprint density at radius 3 is 2.83 bits per heavy atom. The fourth-order valence-electron chi connectivity index (χ4n) is 0.657. The minimum absolute atomic E-state index is 0.0413. The van der Waals surface area contributed by atoms with E-state index < -0.39 is 0 Å². The van der Waals surface area contributed by atoms with Crippen molar-refractivity contribution >= 4 is 17.5 Å². The van der Waals surface area contributed by atoms with Gasteiger partial charge in [-0.2, -0.15) is 0 Å². The summed E-state index contributed by atoms with van der Waals surface area (Å²) in [6.07, 6.45) is 1.30. The zero-order valence-corrected chi connectivity index (χ0v) is 8.36. The molecular weight excluding hydrogens is 178 g/mol. The lowest BCUT2D eigenvalue weighted by atomic mass is 10.3. The van der Waals surface area contributed by atoms with E-state index in [0.717, 1.165) is 6.42 Å². The molecule has 0 aliphatic heterocycles. The van der Waals surface area contributed by atoms with Crippen LogP contribution in [-0.4, -0.2) is 31.5 Å². The maximum atomic E-state index is 11.0. The monoisotopic (exact) mass is 193 g/mol. The van der Waals surface area contributed by atoms with E-state index in [4.69, 9.17) is 16.3 Å². The Balaban J connectivity index is 3.31. The van der Waals surface area contributed by atoms with Crippen LogP contribution in [0.4, 0.5) is 0 Å². The van der Waals surface area contributed by atoms with Gasteiger partial charge < -0.3 is 10.1 Å². The van der Waals surface area contributed by atoms with Crippen LogP contribution in [0.1, 0.15) is 19.8 Å². The highest BCUT2D eigenvalue weighted by atomic mass is 35.5. The Kier molecular flexibility index (Phi) is 7.20. The molecule has 0 radical (unpaired) electrons. The summed E-state index contributed by atoms with van der Waals surface area (Å²) in [6, 6.07) is 0. The number of hydrogen-bond acceptors (Lipinski definition) is 2. The summed E-state index contributed by atoms with van der Waals surface area (Å²) in [4.78, 5) is 11.0. The van der Waals surface area contributed by atoms with E-state index in [0.29, 0.717) is 18.8 Å². The predicted octanol–water partition coefficient (Wildman–Crippen LogP) is 1.16. The van der Waals surface area contributed by atoms with Crippen LogP contribution < -0.4 is 5.32 Å². The first-order chi connectivity index (χ1) is 5.70. The molecule has 0 saturated carbocycles. The van der Waals surface area contributed by atoms with Crippen molar-refractivity contribution in [1.82, 2.24) is 5.32 Å². The van der Waals surface area contributed by atoms with E-state index in [1.807, 2.05) is 6.92 Å². The third-order valence-corrected chi connectivity index (χ3v) is 1.79. The van der Waals surface area contributed by atoms with Crippen LogP contribution in [-0.2, 0) is 9.53 Å². The molecule has 12 heavy (non-hydrogen) atoms. The summed E-state index contributed by atoms with van der Waals surface area (Å²) in [5.74, 6) is 0.576. The third kappa shape index (κ3) is 6.43. The molecule has 1 atom stereocenters. The average Bonchev–Trinajstić information content (AvgIpc) is 2.10. The molecule has 4 heteroatoms. The van der Waals surface area contributed by atoms with E-state index in [1.165, 1.54) is 0 Å². The van der Waals surface area contributed by atoms with Crippen LogP contribution in [0.3, 0.4) is 0 Å². The highest BCUT2D eigenvalue weighted by Crippen LogP contribution is 1.92. The van der Waals surface area contributed by atoms with Gasteiger partial charge in [-0.15, -0.1) is 11.6 Å². The van der Waals surface area contributed by atoms with E-state index in [1.54, 1.807) is 7.11 Å². The number of carbonyl (C=O) groups is 1. The Labute approximate surface area is 78.4 Å². The van der Waals surface area contributed by atoms with E-state index in [2.05, 4.69) is 5.32 Å². The van der Waals surface area contributed by atoms with Crippen LogP contribution >= 0.6 is 11.6 Å². The molecule has 72 valence electrons. The van der Waals surface area contributed by atoms with Crippen molar-refractivity contribution < 1.29 is 9.53 Å². The fraction of sp³-hybridized carbons (Fsp3) is 0.875. The van der Waals surface area contributed by atoms with Crippen LogP contribution in [0.5, 0.6) is 0 Å². The van der Waals surface area contributed by atoms with E-state index in [9.17, 15) is 4.79 Å². The number of amides is 1. The Morgan fingerprint density at radius 1 is 1.67 bits per heavy atom. The number of rotatable bonds is 6. The normalized spacial score (nSPS) is 12.6. The predicted molar refractivity (Wildman–Crippen MR) is 49.4 cm³/mol. The number of hydrogen-bond donors (Lipinski definition) is 1. The lowest BCUT2D eigenvalue weighted by molar-refractivity contribution is -0.121. The molecule has 0 bridgehead atoms. The first-order valence-corrected chi connectivity index (χ1v) is 4.59. The summed E-state index contributed by atoms with van der Waals surface area (Å²) in [5.41, 5.74) is 0. The topological polar surface area (TPSA) is 38.3 Å². The van der Waals surface area contributed by atoms with E-state index >= 15 is 0 Å². The molecule has 0 rings (SSSR count). The van der Waals surface area contributed by atoms with Crippen molar-refractivity contribution in [3.63, 3.8) is 0 Å². The molecule has 0 fully saturated rings. The lowest BCUT2D eigenvalue weighted by Gasteiger charge is -2.09. The van der Waals surface area contributed by atoms with Crippen LogP contribution in [0.2, 0.25) is 0 Å². The van der Waals surface area contributed by atoms with Crippen molar-refractivity contribution in [3.05, 3.63) is 0 Å². The van der Waals surface area contributed by atoms with Crippen LogP contribution in [0.25, 0.3) is 0 Å². The molecule has 0 aromatic carbocycles. The number of ether oxygens (including phenoxy) is 1. The zero-order valence-electron chi connectivity index (χ0n) is 7.60. The minimum Gasteiger partial charge on any atom is -0.380 e. The van der Waals surface area contributed by atoms with Gasteiger partial charge in [0.05, 0.1) is 6.10 Å². The van der Waals surface area contributed by atoms with Gasteiger partial charge in [-0.05, 0) is 13.3 Å². The van der Waals surface area contributed by atoms with Crippen LogP contribution in [0, 0.1) is 0 Å². The van der Waals surface area contributed by atoms with Gasteiger partial charge in [0.15, 0.2) is 0 Å². The molecule has 0 heterocycles. The van der Waals surface area contributed by atoms with Gasteiger partial charge in [-0.25, -0.2) is 0 Å². The number of alkyl halides is 1. The second-order valence-electron chi connectivity index (χ2n) is 2.64. The van der Waals surface area contributed by atoms with Gasteiger partial charge in [0.2, 0.25) is 5.91 Å². The summed E-state index contributed by atoms with van der Waals surface area (Å²) >= 11 is 5.43. The summed E-state index contributed by atoms with van der Waals surface area (Å²) in [7, 11) is 1.62. The summed E-state index contributed by atoms with van der Waals surface area (Å²) in [6.45, 7) is 2.47. The third-order valence-electron chi connectivity index (χ3n) is 1.53. The first kappa shape index (κ1) is 11.7. The Bertz CT molecular complexity index is 130. The van der Waals surface area contributed by atoms with Crippen molar-refractivity contribution in [2.24, 2.45) is 0 Å².